The van der Waals surface area contributed by atoms with E-state index in [1.165, 1.54) is 0 Å². The van der Waals surface area contributed by atoms with E-state index in [1.54, 1.807) is 18.2 Å². The maximum atomic E-state index is 11.7. The van der Waals surface area contributed by atoms with Gasteiger partial charge < -0.3 is 11.1 Å². The normalized spacial score (nSPS) is 10.2. The van der Waals surface area contributed by atoms with Gasteiger partial charge in [-0.05, 0) is 37.0 Å². The predicted octanol–water partition coefficient (Wildman–Crippen LogP) is 3.11. The molecule has 0 aromatic heterocycles. The molecule has 0 saturated carbocycles. The van der Waals surface area contributed by atoms with E-state index in [4.69, 9.17) is 41.2 Å². The number of nitrogens with one attached hydrogen (secondary N) is 1. The van der Waals surface area contributed by atoms with E-state index in [9.17, 15) is 4.79 Å². The van der Waals surface area contributed by atoms with Crippen molar-refractivity contribution in [1.82, 2.24) is 5.32 Å². The molecular formula is C13H16Cl2N2OS. The lowest BCUT2D eigenvalue weighted by Crippen LogP contribution is -2.26. The van der Waals surface area contributed by atoms with Gasteiger partial charge >= 0.3 is 0 Å². The van der Waals surface area contributed by atoms with E-state index >= 15 is 0 Å². The van der Waals surface area contributed by atoms with Crippen LogP contribution in [0.1, 0.15) is 24.8 Å². The van der Waals surface area contributed by atoms with Crippen LogP contribution in [0.4, 0.5) is 0 Å². The number of amides is 1. The first-order chi connectivity index (χ1) is 8.99. The second-order valence-electron chi connectivity index (χ2n) is 4.20. The Balaban J connectivity index is 2.27. The molecule has 6 heteroatoms. The van der Waals surface area contributed by atoms with Crippen molar-refractivity contribution in [1.29, 1.82) is 0 Å². The zero-order chi connectivity index (χ0) is 14.3. The molecule has 1 aromatic carbocycles. The first-order valence-corrected chi connectivity index (χ1v) is 7.14. The van der Waals surface area contributed by atoms with E-state index in [-0.39, 0.29) is 5.91 Å². The fourth-order valence-corrected chi connectivity index (χ4v) is 2.01. The van der Waals surface area contributed by atoms with Crippen LogP contribution in [0.2, 0.25) is 10.0 Å². The van der Waals surface area contributed by atoms with Gasteiger partial charge in [-0.1, -0.05) is 41.5 Å². The standard InChI is InChI=1S/C13H16Cl2N2OS/c14-10-5-4-9(7-11(10)15)8-13(18)17-6-2-1-3-12(16)19/h4-5,7H,1-3,6,8H2,(H2,16,19)(H,17,18). The fourth-order valence-electron chi connectivity index (χ4n) is 1.55. The summed E-state index contributed by atoms with van der Waals surface area (Å²) in [6, 6.07) is 5.19. The average molecular weight is 319 g/mol. The summed E-state index contributed by atoms with van der Waals surface area (Å²) in [5.74, 6) is -0.0336. The van der Waals surface area contributed by atoms with Gasteiger partial charge in [-0.25, -0.2) is 0 Å². The highest BCUT2D eigenvalue weighted by Gasteiger charge is 2.05. The van der Waals surface area contributed by atoms with Gasteiger partial charge in [-0.15, -0.1) is 0 Å². The van der Waals surface area contributed by atoms with Crippen molar-refractivity contribution < 1.29 is 4.79 Å². The molecule has 0 fully saturated rings. The number of hydrogen-bond acceptors (Lipinski definition) is 2. The van der Waals surface area contributed by atoms with Gasteiger partial charge in [0.05, 0.1) is 21.5 Å². The van der Waals surface area contributed by atoms with Crippen molar-refractivity contribution >= 4 is 46.3 Å². The Morgan fingerprint density at radius 1 is 1.26 bits per heavy atom. The Labute approximate surface area is 128 Å². The second kappa shape index (κ2) is 8.35. The second-order valence-corrected chi connectivity index (χ2v) is 5.54. The smallest absolute Gasteiger partial charge is 0.224 e. The van der Waals surface area contributed by atoms with Gasteiger partial charge in [0, 0.05) is 6.54 Å². The van der Waals surface area contributed by atoms with Crippen LogP contribution >= 0.6 is 35.4 Å². The molecule has 0 aliphatic rings. The van der Waals surface area contributed by atoms with Crippen LogP contribution in [0.15, 0.2) is 18.2 Å². The quantitative estimate of drug-likeness (QED) is 0.600. The molecular weight excluding hydrogens is 303 g/mol. The summed E-state index contributed by atoms with van der Waals surface area (Å²) in [6.45, 7) is 0.628. The Bertz CT molecular complexity index is 466. The van der Waals surface area contributed by atoms with Crippen LogP contribution in [0, 0.1) is 0 Å². The molecule has 3 N–H and O–H groups in total. The van der Waals surface area contributed by atoms with Crippen molar-refractivity contribution in [3.63, 3.8) is 0 Å². The van der Waals surface area contributed by atoms with Crippen LogP contribution in [0.5, 0.6) is 0 Å². The third-order valence-corrected chi connectivity index (χ3v) is 3.46. The highest BCUT2D eigenvalue weighted by molar-refractivity contribution is 7.80. The van der Waals surface area contributed by atoms with Gasteiger partial charge in [-0.3, -0.25) is 4.79 Å². The highest BCUT2D eigenvalue weighted by atomic mass is 35.5. The van der Waals surface area contributed by atoms with Crippen molar-refractivity contribution in [2.45, 2.75) is 25.7 Å². The van der Waals surface area contributed by atoms with E-state index in [0.29, 0.717) is 28.0 Å². The summed E-state index contributed by atoms with van der Waals surface area (Å²) in [6.07, 6.45) is 2.77. The van der Waals surface area contributed by atoms with Crippen molar-refractivity contribution in [2.75, 3.05) is 6.54 Å². The van der Waals surface area contributed by atoms with Crippen LogP contribution in [-0.4, -0.2) is 17.4 Å². The first-order valence-electron chi connectivity index (χ1n) is 5.98. The van der Waals surface area contributed by atoms with Gasteiger partial charge in [0.1, 0.15) is 0 Å². The summed E-state index contributed by atoms with van der Waals surface area (Å²) < 4.78 is 0. The lowest BCUT2D eigenvalue weighted by molar-refractivity contribution is -0.120. The molecule has 0 atom stereocenters. The molecule has 1 aromatic rings. The molecule has 104 valence electrons. The van der Waals surface area contributed by atoms with Crippen LogP contribution in [0.25, 0.3) is 0 Å². The minimum absolute atomic E-state index is 0.0336. The highest BCUT2D eigenvalue weighted by Crippen LogP contribution is 2.22. The Kier molecular flexibility index (Phi) is 7.13. The summed E-state index contributed by atoms with van der Waals surface area (Å²) in [7, 11) is 0. The van der Waals surface area contributed by atoms with Crippen molar-refractivity contribution in [2.24, 2.45) is 5.73 Å². The van der Waals surface area contributed by atoms with E-state index < -0.39 is 0 Å². The Morgan fingerprint density at radius 3 is 2.63 bits per heavy atom. The number of nitrogens with two attached hydrogens (primary N) is 1. The minimum Gasteiger partial charge on any atom is -0.393 e. The SMILES string of the molecule is NC(=S)CCCCNC(=O)Cc1ccc(Cl)c(Cl)c1. The third-order valence-electron chi connectivity index (χ3n) is 2.52. The molecule has 0 unspecified atom stereocenters. The zero-order valence-electron chi connectivity index (χ0n) is 10.4. The molecule has 0 spiro atoms. The molecule has 1 amide bonds. The molecule has 3 nitrogen and oxygen atoms in total. The van der Waals surface area contributed by atoms with Crippen molar-refractivity contribution in [3.05, 3.63) is 33.8 Å². The predicted molar refractivity (Wildman–Crippen MR) is 83.8 cm³/mol. The molecule has 0 bridgehead atoms. The maximum Gasteiger partial charge on any atom is 0.224 e. The van der Waals surface area contributed by atoms with Gasteiger partial charge in [-0.2, -0.15) is 0 Å². The third kappa shape index (κ3) is 6.76. The van der Waals surface area contributed by atoms with Crippen LogP contribution in [-0.2, 0) is 11.2 Å². The first kappa shape index (κ1) is 16.2. The Hall–Kier alpha value is -0.840. The molecule has 1 rings (SSSR count). The number of rotatable bonds is 7. The van der Waals surface area contributed by atoms with Gasteiger partial charge in [0.2, 0.25) is 5.91 Å². The monoisotopic (exact) mass is 318 g/mol. The van der Waals surface area contributed by atoms with E-state index in [0.717, 1.165) is 24.8 Å². The summed E-state index contributed by atoms with van der Waals surface area (Å²) in [5.41, 5.74) is 6.23. The number of unbranched alkanes of at least 4 members (excludes halogenated alkanes) is 1. The number of thiocarbonyl (C=S) groups is 1. The number of hydrogen-bond donors (Lipinski definition) is 2. The lowest BCUT2D eigenvalue weighted by Gasteiger charge is -2.06. The summed E-state index contributed by atoms with van der Waals surface area (Å²) >= 11 is 16.5. The molecule has 0 heterocycles. The van der Waals surface area contributed by atoms with Gasteiger partial charge in [0.25, 0.3) is 0 Å². The van der Waals surface area contributed by atoms with Crippen molar-refractivity contribution in [3.8, 4) is 0 Å². The largest absolute Gasteiger partial charge is 0.393 e. The average Bonchev–Trinajstić information content (AvgIpc) is 2.33. The number of carbonyl (C=O) groups is 1. The van der Waals surface area contributed by atoms with E-state index in [1.807, 2.05) is 0 Å². The molecule has 0 aliphatic heterocycles. The minimum atomic E-state index is -0.0336. The maximum absolute atomic E-state index is 11.7. The molecule has 0 saturated heterocycles. The molecule has 0 radical (unpaired) electrons. The number of halogens is 2. The summed E-state index contributed by atoms with van der Waals surface area (Å²) in [5, 5.41) is 3.79. The molecule has 19 heavy (non-hydrogen) atoms. The number of carbonyl (C=O) groups excluding carboxylic acids is 1. The van der Waals surface area contributed by atoms with Gasteiger partial charge in [0.15, 0.2) is 0 Å². The fraction of sp³-hybridized carbons (Fsp3) is 0.385. The zero-order valence-corrected chi connectivity index (χ0v) is 12.7. The lowest BCUT2D eigenvalue weighted by atomic mass is 10.1. The number of benzene rings is 1. The Morgan fingerprint density at radius 2 is 2.00 bits per heavy atom. The van der Waals surface area contributed by atoms with Crippen LogP contribution < -0.4 is 11.1 Å². The topological polar surface area (TPSA) is 55.1 Å². The summed E-state index contributed by atoms with van der Waals surface area (Å²) in [4.78, 5) is 12.2. The van der Waals surface area contributed by atoms with E-state index in [2.05, 4.69) is 5.32 Å². The van der Waals surface area contributed by atoms with Crippen LogP contribution in [0.3, 0.4) is 0 Å². The molecule has 0 aliphatic carbocycles.